The minimum absolute atomic E-state index is 0.0876. The predicted molar refractivity (Wildman–Crippen MR) is 94.5 cm³/mol. The number of hydrogen-bond acceptors (Lipinski definition) is 2. The van der Waals surface area contributed by atoms with E-state index in [2.05, 4.69) is 13.8 Å². The van der Waals surface area contributed by atoms with Gasteiger partial charge in [-0.2, -0.15) is 0 Å². The first-order chi connectivity index (χ1) is 10.4. The summed E-state index contributed by atoms with van der Waals surface area (Å²) >= 11 is 12.4. The Morgan fingerprint density at radius 3 is 2.32 bits per heavy atom. The summed E-state index contributed by atoms with van der Waals surface area (Å²) in [7, 11) is 0. The van der Waals surface area contributed by atoms with Crippen molar-refractivity contribution in [2.24, 2.45) is 10.9 Å². The second-order valence-electron chi connectivity index (χ2n) is 5.60. The third kappa shape index (κ3) is 3.82. The molecule has 2 aromatic carbocycles. The molecule has 1 unspecified atom stereocenters. The molecule has 22 heavy (non-hydrogen) atoms. The first-order valence-electron chi connectivity index (χ1n) is 7.21. The minimum atomic E-state index is 0.0876. The molecule has 0 heterocycles. The second-order valence-corrected chi connectivity index (χ2v) is 6.45. The largest absolute Gasteiger partial charge is 0.507 e. The second kappa shape index (κ2) is 7.17. The lowest BCUT2D eigenvalue weighted by molar-refractivity contribution is 0.474. The van der Waals surface area contributed by atoms with Crippen LogP contribution in [0.3, 0.4) is 0 Å². The van der Waals surface area contributed by atoms with Crippen molar-refractivity contribution in [2.75, 3.05) is 0 Å². The van der Waals surface area contributed by atoms with Crippen molar-refractivity contribution in [3.05, 3.63) is 63.6 Å². The Kier molecular flexibility index (Phi) is 5.49. The van der Waals surface area contributed by atoms with Gasteiger partial charge in [0.2, 0.25) is 0 Å². The predicted octanol–water partition coefficient (Wildman–Crippen LogP) is 5.58. The molecule has 0 saturated carbocycles. The van der Waals surface area contributed by atoms with E-state index < -0.39 is 0 Å². The molecular weight excluding hydrogens is 317 g/mol. The molecule has 0 aliphatic heterocycles. The van der Waals surface area contributed by atoms with Crippen molar-refractivity contribution in [2.45, 2.75) is 26.8 Å². The molecule has 0 fully saturated rings. The van der Waals surface area contributed by atoms with Crippen molar-refractivity contribution < 1.29 is 5.11 Å². The molecule has 0 aromatic heterocycles. The number of phenols is 1. The molecule has 0 radical (unpaired) electrons. The molecule has 0 amide bonds. The van der Waals surface area contributed by atoms with Crippen LogP contribution < -0.4 is 0 Å². The number of aromatic hydroxyl groups is 1. The Labute approximate surface area is 141 Å². The summed E-state index contributed by atoms with van der Waals surface area (Å²) in [6.07, 6.45) is 0. The van der Waals surface area contributed by atoms with Gasteiger partial charge in [0.25, 0.3) is 0 Å². The van der Waals surface area contributed by atoms with E-state index in [1.54, 1.807) is 18.2 Å². The monoisotopic (exact) mass is 335 g/mol. The van der Waals surface area contributed by atoms with Gasteiger partial charge in [0.05, 0.1) is 11.8 Å². The van der Waals surface area contributed by atoms with Crippen LogP contribution in [0.4, 0.5) is 0 Å². The molecular formula is C18H19Cl2NO. The first kappa shape index (κ1) is 16.9. The zero-order chi connectivity index (χ0) is 16.3. The summed E-state index contributed by atoms with van der Waals surface area (Å²) in [6, 6.07) is 12.5. The smallest absolute Gasteiger partial charge is 0.125 e. The number of aliphatic imine (C=N–C) groups is 1. The molecule has 0 aliphatic rings. The molecule has 2 rings (SSSR count). The molecule has 116 valence electrons. The van der Waals surface area contributed by atoms with Gasteiger partial charge in [0, 0.05) is 21.2 Å². The number of halogens is 2. The Hall–Kier alpha value is -1.51. The molecule has 2 nitrogen and oxygen atoms in total. The molecule has 0 aliphatic carbocycles. The van der Waals surface area contributed by atoms with Gasteiger partial charge in [0.15, 0.2) is 0 Å². The fraction of sp³-hybridized carbons (Fsp3) is 0.278. The van der Waals surface area contributed by atoms with Gasteiger partial charge in [-0.1, -0.05) is 55.2 Å². The van der Waals surface area contributed by atoms with E-state index in [0.29, 0.717) is 27.2 Å². The Morgan fingerprint density at radius 2 is 1.68 bits per heavy atom. The van der Waals surface area contributed by atoms with Gasteiger partial charge >= 0.3 is 0 Å². The lowest BCUT2D eigenvalue weighted by atomic mass is 9.99. The van der Waals surface area contributed by atoms with Gasteiger partial charge in [-0.25, -0.2) is 0 Å². The van der Waals surface area contributed by atoms with E-state index >= 15 is 0 Å². The lowest BCUT2D eigenvalue weighted by Crippen LogP contribution is -2.14. The highest BCUT2D eigenvalue weighted by Crippen LogP contribution is 2.28. The summed E-state index contributed by atoms with van der Waals surface area (Å²) in [5.41, 5.74) is 2.04. The van der Waals surface area contributed by atoms with E-state index in [0.717, 1.165) is 5.56 Å². The fourth-order valence-electron chi connectivity index (χ4n) is 1.99. The average Bonchev–Trinajstić information content (AvgIpc) is 2.48. The summed E-state index contributed by atoms with van der Waals surface area (Å²) < 4.78 is 0. The SMILES string of the molecule is CC(C)C(C)N=C(c1cc(Cl)ccc1O)c1ccccc1Cl. The highest BCUT2D eigenvalue weighted by atomic mass is 35.5. The maximum absolute atomic E-state index is 10.2. The maximum Gasteiger partial charge on any atom is 0.125 e. The number of benzene rings is 2. The van der Waals surface area contributed by atoms with Crippen molar-refractivity contribution in [3.63, 3.8) is 0 Å². The van der Waals surface area contributed by atoms with E-state index in [9.17, 15) is 5.11 Å². The van der Waals surface area contributed by atoms with E-state index in [1.807, 2.05) is 31.2 Å². The maximum atomic E-state index is 10.2. The standard InChI is InChI=1S/C18H19Cl2NO/c1-11(2)12(3)21-18(14-6-4-5-7-16(14)20)15-10-13(19)8-9-17(15)22/h4-12,22H,1-3H3. The minimum Gasteiger partial charge on any atom is -0.507 e. The number of hydrogen-bond donors (Lipinski definition) is 1. The molecule has 0 spiro atoms. The van der Waals surface area contributed by atoms with Gasteiger partial charge in [-0.3, -0.25) is 4.99 Å². The summed E-state index contributed by atoms with van der Waals surface area (Å²) in [5.74, 6) is 0.512. The topological polar surface area (TPSA) is 32.6 Å². The summed E-state index contributed by atoms with van der Waals surface area (Å²) in [5, 5.41) is 11.4. The summed E-state index contributed by atoms with van der Waals surface area (Å²) in [6.45, 7) is 6.26. The zero-order valence-corrected chi connectivity index (χ0v) is 14.4. The Morgan fingerprint density at radius 1 is 1.00 bits per heavy atom. The molecule has 1 N–H and O–H groups in total. The highest BCUT2D eigenvalue weighted by molar-refractivity contribution is 6.36. The van der Waals surface area contributed by atoms with Gasteiger partial charge in [-0.15, -0.1) is 0 Å². The third-order valence-electron chi connectivity index (χ3n) is 3.64. The van der Waals surface area contributed by atoms with Crippen molar-refractivity contribution >= 4 is 28.9 Å². The van der Waals surface area contributed by atoms with Crippen LogP contribution in [0.2, 0.25) is 10.0 Å². The fourth-order valence-corrected chi connectivity index (χ4v) is 2.39. The van der Waals surface area contributed by atoms with Crippen LogP contribution in [0.25, 0.3) is 0 Å². The number of rotatable bonds is 4. The van der Waals surface area contributed by atoms with Crippen LogP contribution in [0.15, 0.2) is 47.5 Å². The van der Waals surface area contributed by atoms with E-state index in [4.69, 9.17) is 28.2 Å². The Balaban J connectivity index is 2.66. The van der Waals surface area contributed by atoms with Gasteiger partial charge < -0.3 is 5.11 Å². The van der Waals surface area contributed by atoms with Crippen LogP contribution in [0, 0.1) is 5.92 Å². The van der Waals surface area contributed by atoms with Crippen molar-refractivity contribution in [1.29, 1.82) is 0 Å². The van der Waals surface area contributed by atoms with Crippen LogP contribution in [0.5, 0.6) is 5.75 Å². The first-order valence-corrected chi connectivity index (χ1v) is 7.97. The number of phenolic OH excluding ortho intramolecular Hbond substituents is 1. The summed E-state index contributed by atoms with van der Waals surface area (Å²) in [4.78, 5) is 4.79. The molecule has 1 atom stereocenters. The normalized spacial score (nSPS) is 13.5. The quantitative estimate of drug-likeness (QED) is 0.726. The van der Waals surface area contributed by atoms with Crippen LogP contribution >= 0.6 is 23.2 Å². The van der Waals surface area contributed by atoms with Gasteiger partial charge in [0.1, 0.15) is 5.75 Å². The molecule has 0 saturated heterocycles. The van der Waals surface area contributed by atoms with E-state index in [1.165, 1.54) is 0 Å². The van der Waals surface area contributed by atoms with Gasteiger partial charge in [-0.05, 0) is 37.1 Å². The Bertz CT molecular complexity index is 695. The molecule has 2 aromatic rings. The number of nitrogens with zero attached hydrogens (tertiary/aromatic N) is 1. The highest BCUT2D eigenvalue weighted by Gasteiger charge is 2.17. The van der Waals surface area contributed by atoms with Crippen LogP contribution in [-0.4, -0.2) is 16.9 Å². The van der Waals surface area contributed by atoms with E-state index in [-0.39, 0.29) is 11.8 Å². The molecule has 4 heteroatoms. The zero-order valence-electron chi connectivity index (χ0n) is 12.8. The van der Waals surface area contributed by atoms with Crippen molar-refractivity contribution in [3.8, 4) is 5.75 Å². The molecule has 0 bridgehead atoms. The van der Waals surface area contributed by atoms with Crippen LogP contribution in [-0.2, 0) is 0 Å². The van der Waals surface area contributed by atoms with Crippen LogP contribution in [0.1, 0.15) is 31.9 Å². The van der Waals surface area contributed by atoms with Crippen molar-refractivity contribution in [1.82, 2.24) is 0 Å². The average molecular weight is 336 g/mol. The third-order valence-corrected chi connectivity index (χ3v) is 4.20. The lowest BCUT2D eigenvalue weighted by Gasteiger charge is -2.16.